The number of anilines is 1. The van der Waals surface area contributed by atoms with Crippen LogP contribution >= 0.6 is 9.24 Å². The third-order valence-corrected chi connectivity index (χ3v) is 5.65. The van der Waals surface area contributed by atoms with Crippen molar-refractivity contribution in [1.29, 1.82) is 5.41 Å². The monoisotopic (exact) mass is 442 g/mol. The van der Waals surface area contributed by atoms with E-state index in [0.29, 0.717) is 29.4 Å². The van der Waals surface area contributed by atoms with Gasteiger partial charge in [-0.2, -0.15) is 5.10 Å². The van der Waals surface area contributed by atoms with Gasteiger partial charge in [0.2, 0.25) is 0 Å². The van der Waals surface area contributed by atoms with Crippen LogP contribution in [0.5, 0.6) is 5.75 Å². The van der Waals surface area contributed by atoms with Crippen molar-refractivity contribution in [2.45, 2.75) is 46.3 Å². The van der Waals surface area contributed by atoms with E-state index in [2.05, 4.69) is 19.3 Å². The van der Waals surface area contributed by atoms with Crippen LogP contribution in [0.1, 0.15) is 33.4 Å². The highest BCUT2D eigenvalue weighted by atomic mass is 31.0. The summed E-state index contributed by atoms with van der Waals surface area (Å²) in [4.78, 5) is 33.3. The van der Waals surface area contributed by atoms with Gasteiger partial charge in [-0.3, -0.25) is 14.5 Å². The van der Waals surface area contributed by atoms with Gasteiger partial charge in [0, 0.05) is 11.9 Å². The van der Waals surface area contributed by atoms with Gasteiger partial charge in [-0.15, -0.1) is 9.24 Å². The van der Waals surface area contributed by atoms with Crippen molar-refractivity contribution in [3.63, 3.8) is 0 Å². The normalized spacial score (nSPS) is 16.6. The molecule has 1 fully saturated rings. The first-order chi connectivity index (χ1) is 14.6. The van der Waals surface area contributed by atoms with Crippen molar-refractivity contribution in [1.82, 2.24) is 19.7 Å². The van der Waals surface area contributed by atoms with Gasteiger partial charge in [0.05, 0.1) is 44.0 Å². The number of carbonyl (C=O) groups is 2. The molecule has 10 heteroatoms. The number of pyridine rings is 1. The summed E-state index contributed by atoms with van der Waals surface area (Å²) in [5, 5.41) is 13.2. The first-order valence-corrected chi connectivity index (χ1v) is 10.3. The Hall–Kier alpha value is -3.06. The fraction of sp³-hybridized carbons (Fsp3) is 0.381. The van der Waals surface area contributed by atoms with Crippen LogP contribution in [0.25, 0.3) is 0 Å². The number of carbonyl (C=O) groups excluding carboxylic acids is 2. The third kappa shape index (κ3) is 4.37. The molecule has 1 unspecified atom stereocenters. The van der Waals surface area contributed by atoms with Gasteiger partial charge in [-0.05, 0) is 50.7 Å². The molecule has 0 spiro atoms. The predicted octanol–water partition coefficient (Wildman–Crippen LogP) is 3.22. The topological polar surface area (TPSA) is 104 Å². The molecule has 1 atom stereocenters. The minimum Gasteiger partial charge on any atom is -0.495 e. The Kier molecular flexibility index (Phi) is 6.27. The standard InChI is InChI=1S/C21H27N6O3P/c1-13(22)18(14(2)31)12-25-11-16(8-24-25)27-19(28)21(3,4)26(20(27)29)10-15-6-7-17(30-5)9-23-15/h6-9,11,22H,10,12,31H2,1-5H3/b18-14-,22-13?. The predicted molar refractivity (Wildman–Crippen MR) is 121 cm³/mol. The molecular formula is C21H27N6O3P. The number of ether oxygens (including phenoxy) is 1. The molecule has 0 radical (unpaired) electrons. The van der Waals surface area contributed by atoms with Crippen LogP contribution in [0.4, 0.5) is 10.5 Å². The number of amides is 3. The molecule has 0 bridgehead atoms. The Bertz CT molecular complexity index is 1050. The van der Waals surface area contributed by atoms with Crippen molar-refractivity contribution < 1.29 is 14.3 Å². The molecule has 164 valence electrons. The van der Waals surface area contributed by atoms with Crippen LogP contribution in [-0.4, -0.2) is 50.0 Å². The summed E-state index contributed by atoms with van der Waals surface area (Å²) < 4.78 is 6.74. The maximum absolute atomic E-state index is 13.2. The Balaban J connectivity index is 1.85. The van der Waals surface area contributed by atoms with Gasteiger partial charge in [-0.1, -0.05) is 0 Å². The van der Waals surface area contributed by atoms with E-state index in [0.717, 1.165) is 15.8 Å². The van der Waals surface area contributed by atoms with Gasteiger partial charge in [0.15, 0.2) is 0 Å². The second kappa shape index (κ2) is 8.59. The van der Waals surface area contributed by atoms with E-state index in [4.69, 9.17) is 10.1 Å². The molecule has 31 heavy (non-hydrogen) atoms. The molecule has 1 aliphatic heterocycles. The van der Waals surface area contributed by atoms with Gasteiger partial charge >= 0.3 is 6.03 Å². The average Bonchev–Trinajstić information content (AvgIpc) is 3.23. The lowest BCUT2D eigenvalue weighted by Crippen LogP contribution is -2.43. The Labute approximate surface area is 183 Å². The Morgan fingerprint density at radius 1 is 1.23 bits per heavy atom. The molecule has 3 heterocycles. The molecule has 2 aromatic rings. The molecule has 9 nitrogen and oxygen atoms in total. The lowest BCUT2D eigenvalue weighted by atomic mass is 10.0. The second-order valence-electron chi connectivity index (χ2n) is 7.94. The smallest absolute Gasteiger partial charge is 0.332 e. The largest absolute Gasteiger partial charge is 0.495 e. The van der Waals surface area contributed by atoms with Gasteiger partial charge in [0.1, 0.15) is 11.3 Å². The fourth-order valence-corrected chi connectivity index (χ4v) is 3.68. The summed E-state index contributed by atoms with van der Waals surface area (Å²) in [6.07, 6.45) is 4.73. The van der Waals surface area contributed by atoms with Crippen molar-refractivity contribution in [3.05, 3.63) is 47.3 Å². The number of aromatic nitrogens is 3. The lowest BCUT2D eigenvalue weighted by molar-refractivity contribution is -0.123. The number of methoxy groups -OCH3 is 1. The number of hydrogen-bond acceptors (Lipinski definition) is 6. The highest BCUT2D eigenvalue weighted by Gasteiger charge is 2.52. The van der Waals surface area contributed by atoms with Crippen LogP contribution in [0.2, 0.25) is 0 Å². The minimum absolute atomic E-state index is 0.193. The van der Waals surface area contributed by atoms with E-state index in [1.165, 1.54) is 11.1 Å². The number of hydrogen-bond donors (Lipinski definition) is 1. The molecule has 0 aliphatic carbocycles. The van der Waals surface area contributed by atoms with Crippen molar-refractivity contribution in [3.8, 4) is 5.75 Å². The molecule has 1 aliphatic rings. The van der Waals surface area contributed by atoms with Crippen LogP contribution < -0.4 is 9.64 Å². The molecular weight excluding hydrogens is 415 g/mol. The summed E-state index contributed by atoms with van der Waals surface area (Å²) in [5.74, 6) is 0.293. The molecule has 0 saturated carbocycles. The summed E-state index contributed by atoms with van der Waals surface area (Å²) in [6.45, 7) is 7.64. The van der Waals surface area contributed by atoms with Gasteiger partial charge < -0.3 is 15.0 Å². The quantitative estimate of drug-likeness (QED) is 0.403. The highest BCUT2D eigenvalue weighted by Crippen LogP contribution is 2.33. The van der Waals surface area contributed by atoms with E-state index < -0.39 is 11.6 Å². The van der Waals surface area contributed by atoms with Crippen molar-refractivity contribution >= 4 is 32.6 Å². The molecule has 3 amide bonds. The zero-order valence-electron chi connectivity index (χ0n) is 18.3. The Morgan fingerprint density at radius 3 is 2.48 bits per heavy atom. The first-order valence-electron chi connectivity index (χ1n) is 9.74. The number of nitrogens with one attached hydrogen (secondary N) is 1. The van der Waals surface area contributed by atoms with Crippen LogP contribution in [-0.2, 0) is 17.9 Å². The number of allylic oxidation sites excluding steroid dienone is 2. The number of nitrogens with zero attached hydrogens (tertiary/aromatic N) is 5. The summed E-state index contributed by atoms with van der Waals surface area (Å²) in [5.41, 5.74) is 1.29. The van der Waals surface area contributed by atoms with E-state index in [9.17, 15) is 9.59 Å². The van der Waals surface area contributed by atoms with Crippen LogP contribution in [0, 0.1) is 5.41 Å². The van der Waals surface area contributed by atoms with E-state index in [1.807, 2.05) is 6.92 Å². The second-order valence-corrected chi connectivity index (χ2v) is 8.81. The van der Waals surface area contributed by atoms with E-state index in [-0.39, 0.29) is 12.5 Å². The third-order valence-electron chi connectivity index (χ3n) is 5.30. The fourth-order valence-electron chi connectivity index (χ4n) is 3.37. The maximum atomic E-state index is 13.2. The molecule has 0 aromatic carbocycles. The summed E-state index contributed by atoms with van der Waals surface area (Å²) >= 11 is 0. The number of rotatable bonds is 7. The minimum atomic E-state index is -1.03. The zero-order chi connectivity index (χ0) is 22.9. The molecule has 1 N–H and O–H groups in total. The van der Waals surface area contributed by atoms with Crippen molar-refractivity contribution in [2.24, 2.45) is 0 Å². The molecule has 1 saturated heterocycles. The Morgan fingerprint density at radius 2 is 1.94 bits per heavy atom. The molecule has 2 aromatic heterocycles. The summed E-state index contributed by atoms with van der Waals surface area (Å²) in [6, 6.07) is 3.11. The first kappa shape index (κ1) is 22.6. The lowest BCUT2D eigenvalue weighted by Gasteiger charge is -2.27. The van der Waals surface area contributed by atoms with E-state index >= 15 is 0 Å². The average molecular weight is 442 g/mol. The summed E-state index contributed by atoms with van der Waals surface area (Å²) in [7, 11) is 4.16. The van der Waals surface area contributed by atoms with Gasteiger partial charge in [-0.25, -0.2) is 9.69 Å². The number of urea groups is 1. The highest BCUT2D eigenvalue weighted by molar-refractivity contribution is 7.22. The van der Waals surface area contributed by atoms with Crippen molar-refractivity contribution in [2.75, 3.05) is 12.0 Å². The molecule has 3 rings (SSSR count). The van der Waals surface area contributed by atoms with Gasteiger partial charge in [0.25, 0.3) is 5.91 Å². The number of imide groups is 1. The maximum Gasteiger partial charge on any atom is 0.332 e. The van der Waals surface area contributed by atoms with Crippen LogP contribution in [0.15, 0.2) is 41.6 Å². The zero-order valence-corrected chi connectivity index (χ0v) is 19.5. The van der Waals surface area contributed by atoms with Crippen LogP contribution in [0.3, 0.4) is 0 Å². The van der Waals surface area contributed by atoms with E-state index in [1.54, 1.807) is 57.1 Å². The SMILES string of the molecule is COc1ccc(CN2C(=O)N(c3cnn(C/C(C(C)=N)=C(\C)P)c3)C(=O)C2(C)C)nc1.